The number of piperidine rings is 2. The lowest BCUT2D eigenvalue weighted by Crippen LogP contribution is -2.49. The molecule has 1 aromatic heterocycles. The van der Waals surface area contributed by atoms with Crippen LogP contribution >= 0.6 is 0 Å². The summed E-state index contributed by atoms with van der Waals surface area (Å²) >= 11 is 0. The Bertz CT molecular complexity index is 615. The Kier molecular flexibility index (Phi) is 8.04. The fourth-order valence-electron chi connectivity index (χ4n) is 4.30. The lowest BCUT2D eigenvalue weighted by Gasteiger charge is -2.41. The summed E-state index contributed by atoms with van der Waals surface area (Å²) in [4.78, 5) is 21.9. The molecule has 3 heterocycles. The molecule has 0 bridgehead atoms. The largest absolute Gasteiger partial charge is 0.350 e. The van der Waals surface area contributed by atoms with E-state index in [1.54, 1.807) is 6.20 Å². The average molecular weight is 385 g/mol. The molecule has 0 radical (unpaired) electrons. The second-order valence-electron chi connectivity index (χ2n) is 8.55. The molecule has 0 saturated carbocycles. The number of carbonyl (C=O) groups is 1. The Balaban J connectivity index is 1.34. The third kappa shape index (κ3) is 6.42. The highest BCUT2D eigenvalue weighted by atomic mass is 16.1. The summed E-state index contributed by atoms with van der Waals surface area (Å²) in [6.45, 7) is 10.6. The molecule has 154 valence electrons. The normalized spacial score (nSPS) is 20.8. The van der Waals surface area contributed by atoms with Gasteiger partial charge in [-0.3, -0.25) is 14.7 Å². The Hall–Kier alpha value is -1.72. The number of hydrogen-bond acceptors (Lipinski definition) is 4. The predicted octanol–water partition coefficient (Wildman–Crippen LogP) is 3.09. The standard InChI is InChI=1S/C23H36N4O/c1-19(2)6-5-13-26-14-10-22(11-15-26)27-16-8-20(9-17-27)23(28)25-18-21-7-3-4-12-24-21/h3-7,12,19-20,22H,8-11,13-18H2,1-2H3,(H,25,28)/b6-5+. The van der Waals surface area contributed by atoms with Gasteiger partial charge in [0, 0.05) is 24.7 Å². The molecular formula is C23H36N4O. The van der Waals surface area contributed by atoms with Gasteiger partial charge in [-0.15, -0.1) is 0 Å². The second kappa shape index (κ2) is 10.7. The molecule has 2 aliphatic rings. The van der Waals surface area contributed by atoms with Crippen LogP contribution in [0.3, 0.4) is 0 Å². The molecule has 0 atom stereocenters. The average Bonchev–Trinajstić information content (AvgIpc) is 2.73. The van der Waals surface area contributed by atoms with Crippen LogP contribution in [0.2, 0.25) is 0 Å². The van der Waals surface area contributed by atoms with E-state index in [-0.39, 0.29) is 11.8 Å². The van der Waals surface area contributed by atoms with Crippen LogP contribution in [0.1, 0.15) is 45.2 Å². The molecule has 0 aromatic carbocycles. The minimum atomic E-state index is 0.154. The number of allylic oxidation sites excluding steroid dienone is 1. The number of amides is 1. The first-order valence-electron chi connectivity index (χ1n) is 10.9. The van der Waals surface area contributed by atoms with Crippen molar-refractivity contribution in [1.82, 2.24) is 20.1 Å². The molecule has 2 saturated heterocycles. The molecule has 2 aliphatic heterocycles. The topological polar surface area (TPSA) is 48.5 Å². The smallest absolute Gasteiger partial charge is 0.223 e. The van der Waals surface area contributed by atoms with Crippen molar-refractivity contribution >= 4 is 5.91 Å². The van der Waals surface area contributed by atoms with Gasteiger partial charge in [0.05, 0.1) is 12.2 Å². The van der Waals surface area contributed by atoms with Gasteiger partial charge in [-0.2, -0.15) is 0 Å². The number of carbonyl (C=O) groups excluding carboxylic acids is 1. The van der Waals surface area contributed by atoms with Gasteiger partial charge < -0.3 is 10.2 Å². The maximum Gasteiger partial charge on any atom is 0.223 e. The van der Waals surface area contributed by atoms with Crippen molar-refractivity contribution in [2.24, 2.45) is 11.8 Å². The van der Waals surface area contributed by atoms with Crippen LogP contribution in [-0.4, -0.2) is 59.5 Å². The minimum absolute atomic E-state index is 0.154. The molecule has 2 fully saturated rings. The summed E-state index contributed by atoms with van der Waals surface area (Å²) in [6, 6.07) is 6.50. The number of hydrogen-bond donors (Lipinski definition) is 1. The van der Waals surface area contributed by atoms with Crippen LogP contribution < -0.4 is 5.32 Å². The summed E-state index contributed by atoms with van der Waals surface area (Å²) in [7, 11) is 0. The van der Waals surface area contributed by atoms with Crippen LogP contribution in [-0.2, 0) is 11.3 Å². The summed E-state index contributed by atoms with van der Waals surface area (Å²) in [5.74, 6) is 0.985. The number of nitrogens with one attached hydrogen (secondary N) is 1. The first-order valence-corrected chi connectivity index (χ1v) is 10.9. The Labute approximate surface area is 170 Å². The van der Waals surface area contributed by atoms with E-state index in [1.165, 1.54) is 25.9 Å². The second-order valence-corrected chi connectivity index (χ2v) is 8.55. The lowest BCUT2D eigenvalue weighted by atomic mass is 9.92. The molecule has 5 nitrogen and oxygen atoms in total. The fourth-order valence-corrected chi connectivity index (χ4v) is 4.30. The zero-order valence-electron chi connectivity index (χ0n) is 17.5. The van der Waals surface area contributed by atoms with Crippen LogP contribution in [0, 0.1) is 11.8 Å². The summed E-state index contributed by atoms with van der Waals surface area (Å²) < 4.78 is 0. The van der Waals surface area contributed by atoms with Crippen LogP contribution in [0.15, 0.2) is 36.5 Å². The lowest BCUT2D eigenvalue weighted by molar-refractivity contribution is -0.126. The highest BCUT2D eigenvalue weighted by Crippen LogP contribution is 2.24. The third-order valence-corrected chi connectivity index (χ3v) is 6.03. The maximum atomic E-state index is 12.5. The van der Waals surface area contributed by atoms with Gasteiger partial charge in [-0.1, -0.05) is 32.1 Å². The van der Waals surface area contributed by atoms with E-state index in [1.807, 2.05) is 18.2 Å². The molecule has 1 aromatic rings. The van der Waals surface area contributed by atoms with E-state index in [4.69, 9.17) is 0 Å². The molecule has 0 aliphatic carbocycles. The van der Waals surface area contributed by atoms with Gasteiger partial charge in [-0.25, -0.2) is 0 Å². The quantitative estimate of drug-likeness (QED) is 0.734. The molecule has 3 rings (SSSR count). The van der Waals surface area contributed by atoms with Crippen molar-refractivity contribution in [3.05, 3.63) is 42.2 Å². The van der Waals surface area contributed by atoms with Crippen LogP contribution in [0.5, 0.6) is 0 Å². The predicted molar refractivity (Wildman–Crippen MR) is 114 cm³/mol. The molecular weight excluding hydrogens is 348 g/mol. The zero-order chi connectivity index (χ0) is 19.8. The van der Waals surface area contributed by atoms with Crippen LogP contribution in [0.25, 0.3) is 0 Å². The van der Waals surface area contributed by atoms with Crippen molar-refractivity contribution in [1.29, 1.82) is 0 Å². The molecule has 0 unspecified atom stereocenters. The van der Waals surface area contributed by atoms with Gasteiger partial charge in [0.15, 0.2) is 0 Å². The van der Waals surface area contributed by atoms with Crippen molar-refractivity contribution < 1.29 is 4.79 Å². The Morgan fingerprint density at radius 1 is 1.18 bits per heavy atom. The number of rotatable bonds is 7. The highest BCUT2D eigenvalue weighted by Gasteiger charge is 2.30. The fraction of sp³-hybridized carbons (Fsp3) is 0.652. The first kappa shape index (κ1) is 21.0. The number of likely N-dealkylation sites (tertiary alicyclic amines) is 2. The Morgan fingerprint density at radius 3 is 2.57 bits per heavy atom. The highest BCUT2D eigenvalue weighted by molar-refractivity contribution is 5.78. The van der Waals surface area contributed by atoms with Crippen molar-refractivity contribution in [3.8, 4) is 0 Å². The molecule has 0 spiro atoms. The summed E-state index contributed by atoms with van der Waals surface area (Å²) in [5.41, 5.74) is 0.920. The monoisotopic (exact) mass is 384 g/mol. The van der Waals surface area contributed by atoms with Gasteiger partial charge >= 0.3 is 0 Å². The van der Waals surface area contributed by atoms with Gasteiger partial charge in [0.1, 0.15) is 0 Å². The number of pyridine rings is 1. The number of nitrogens with zero attached hydrogens (tertiary/aromatic N) is 3. The van der Waals surface area contributed by atoms with E-state index in [2.05, 4.69) is 46.1 Å². The summed E-state index contributed by atoms with van der Waals surface area (Å²) in [6.07, 6.45) is 10.9. The first-order chi connectivity index (χ1) is 13.6. The Morgan fingerprint density at radius 2 is 1.93 bits per heavy atom. The number of aromatic nitrogens is 1. The minimum Gasteiger partial charge on any atom is -0.350 e. The van der Waals surface area contributed by atoms with Crippen molar-refractivity contribution in [2.75, 3.05) is 32.7 Å². The zero-order valence-corrected chi connectivity index (χ0v) is 17.5. The van der Waals surface area contributed by atoms with E-state index in [0.29, 0.717) is 18.5 Å². The molecule has 1 amide bonds. The summed E-state index contributed by atoms with van der Waals surface area (Å²) in [5, 5.41) is 3.06. The molecule has 1 N–H and O–H groups in total. The van der Waals surface area contributed by atoms with Gasteiger partial charge in [0.25, 0.3) is 0 Å². The maximum absolute atomic E-state index is 12.5. The SMILES string of the molecule is CC(C)/C=C/CN1CCC(N2CCC(C(=O)NCc3ccccn3)CC2)CC1. The van der Waals surface area contributed by atoms with Crippen LogP contribution in [0.4, 0.5) is 0 Å². The van der Waals surface area contributed by atoms with E-state index in [9.17, 15) is 4.79 Å². The van der Waals surface area contributed by atoms with Crippen molar-refractivity contribution in [3.63, 3.8) is 0 Å². The molecule has 28 heavy (non-hydrogen) atoms. The third-order valence-electron chi connectivity index (χ3n) is 6.03. The van der Waals surface area contributed by atoms with Crippen molar-refractivity contribution in [2.45, 2.75) is 52.1 Å². The molecule has 5 heteroatoms. The van der Waals surface area contributed by atoms with E-state index < -0.39 is 0 Å². The van der Waals surface area contributed by atoms with Gasteiger partial charge in [0.2, 0.25) is 5.91 Å². The van der Waals surface area contributed by atoms with E-state index in [0.717, 1.165) is 38.2 Å². The van der Waals surface area contributed by atoms with Gasteiger partial charge in [-0.05, 0) is 69.9 Å². The van der Waals surface area contributed by atoms with E-state index >= 15 is 0 Å².